The molecule has 0 aromatic heterocycles. The molecule has 0 spiro atoms. The predicted molar refractivity (Wildman–Crippen MR) is 134 cm³/mol. The number of hydrogen-bond acceptors (Lipinski definition) is 0. The third-order valence-corrected chi connectivity index (χ3v) is 8.27. The van der Waals surface area contributed by atoms with E-state index in [1.807, 2.05) is 0 Å². The Hall–Kier alpha value is -1.25. The van der Waals surface area contributed by atoms with Crippen molar-refractivity contribution < 1.29 is 13.2 Å². The molecule has 0 bridgehead atoms. The summed E-state index contributed by atoms with van der Waals surface area (Å²) in [6, 6.07) is 9.28. The number of alkyl halides is 3. The Morgan fingerprint density at radius 3 is 1.70 bits per heavy atom. The van der Waals surface area contributed by atoms with Crippen LogP contribution in [0.5, 0.6) is 0 Å². The Labute approximate surface area is 200 Å². The van der Waals surface area contributed by atoms with Crippen LogP contribution in [-0.2, 0) is 0 Å². The minimum absolute atomic E-state index is 0.0818. The van der Waals surface area contributed by atoms with Gasteiger partial charge in [-0.05, 0) is 86.2 Å². The molecule has 1 aromatic rings. The van der Waals surface area contributed by atoms with E-state index in [1.165, 1.54) is 94.3 Å². The molecule has 186 valence electrons. The molecule has 0 N–H and O–H groups in total. The molecule has 3 rings (SSSR count). The molecule has 0 amide bonds. The monoisotopic (exact) mass is 462 g/mol. The number of halogens is 3. The van der Waals surface area contributed by atoms with E-state index in [0.717, 1.165) is 31.6 Å². The highest BCUT2D eigenvalue weighted by Crippen LogP contribution is 2.40. The van der Waals surface area contributed by atoms with Gasteiger partial charge in [-0.2, -0.15) is 13.2 Å². The van der Waals surface area contributed by atoms with Gasteiger partial charge in [-0.3, -0.25) is 0 Å². The highest BCUT2D eigenvalue weighted by molar-refractivity contribution is 5.28. The lowest BCUT2D eigenvalue weighted by atomic mass is 9.75. The van der Waals surface area contributed by atoms with Crippen molar-refractivity contribution in [3.8, 4) is 0 Å². The molecule has 33 heavy (non-hydrogen) atoms. The molecule has 2 aliphatic carbocycles. The Kier molecular flexibility index (Phi) is 10.9. The maximum absolute atomic E-state index is 12.4. The maximum Gasteiger partial charge on any atom is 0.409 e. The number of rotatable bonds is 11. The van der Waals surface area contributed by atoms with Gasteiger partial charge in [0, 0.05) is 6.08 Å². The third kappa shape index (κ3) is 9.49. The number of hydrogen-bond donors (Lipinski definition) is 0. The van der Waals surface area contributed by atoms with Crippen molar-refractivity contribution in [3.63, 3.8) is 0 Å². The summed E-state index contributed by atoms with van der Waals surface area (Å²) in [5.74, 6) is 2.25. The Morgan fingerprint density at radius 2 is 1.18 bits per heavy atom. The van der Waals surface area contributed by atoms with Gasteiger partial charge in [-0.25, -0.2) is 0 Å². The lowest BCUT2D eigenvalue weighted by Gasteiger charge is -2.30. The fraction of sp³-hybridized carbons (Fsp3) is 0.733. The average Bonchev–Trinajstić information content (AvgIpc) is 2.83. The molecule has 2 saturated carbocycles. The van der Waals surface area contributed by atoms with Crippen LogP contribution < -0.4 is 0 Å². The van der Waals surface area contributed by atoms with Crippen LogP contribution >= 0.6 is 0 Å². The standard InChI is InChI=1S/C30H45F3/c1-2-3-4-5-6-7-8-9-24-10-14-26(15-11-24)28-18-20-29(21-19-28)27-16-12-25(13-17-27)22-23-30(31,32)33/h18-27H,2-17H2,1H3/b23-22+. The number of unbranched alkanes of at least 4 members (excludes halogenated alkanes) is 6. The number of benzene rings is 1. The smallest absolute Gasteiger partial charge is 0.167 e. The molecule has 0 unspecified atom stereocenters. The van der Waals surface area contributed by atoms with E-state index >= 15 is 0 Å². The first-order chi connectivity index (χ1) is 15.9. The van der Waals surface area contributed by atoms with Crippen LogP contribution in [0, 0.1) is 11.8 Å². The third-order valence-electron chi connectivity index (χ3n) is 8.27. The van der Waals surface area contributed by atoms with Gasteiger partial charge in [0.05, 0.1) is 0 Å². The molecule has 2 aliphatic rings. The van der Waals surface area contributed by atoms with Gasteiger partial charge in [-0.1, -0.05) is 88.6 Å². The Bertz CT molecular complexity index is 671. The van der Waals surface area contributed by atoms with Gasteiger partial charge < -0.3 is 0 Å². The average molecular weight is 463 g/mol. The van der Waals surface area contributed by atoms with E-state index in [1.54, 1.807) is 0 Å². The highest BCUT2D eigenvalue weighted by atomic mass is 19.4. The van der Waals surface area contributed by atoms with E-state index in [0.29, 0.717) is 17.9 Å². The van der Waals surface area contributed by atoms with E-state index in [4.69, 9.17) is 0 Å². The first kappa shape index (κ1) is 26.4. The molecule has 1 aromatic carbocycles. The van der Waals surface area contributed by atoms with Gasteiger partial charge in [0.25, 0.3) is 0 Å². The van der Waals surface area contributed by atoms with E-state index in [-0.39, 0.29) is 5.92 Å². The summed E-state index contributed by atoms with van der Waals surface area (Å²) < 4.78 is 37.2. The summed E-state index contributed by atoms with van der Waals surface area (Å²) in [5, 5.41) is 0. The van der Waals surface area contributed by atoms with Crippen LogP contribution in [0.1, 0.15) is 133 Å². The van der Waals surface area contributed by atoms with Crippen LogP contribution in [0.4, 0.5) is 13.2 Å². The van der Waals surface area contributed by atoms with Crippen LogP contribution in [0.15, 0.2) is 36.4 Å². The van der Waals surface area contributed by atoms with Gasteiger partial charge >= 0.3 is 6.18 Å². The van der Waals surface area contributed by atoms with E-state index < -0.39 is 6.18 Å². The summed E-state index contributed by atoms with van der Waals surface area (Å²) in [5.41, 5.74) is 2.87. The van der Waals surface area contributed by atoms with Gasteiger partial charge in [0.2, 0.25) is 0 Å². The summed E-state index contributed by atoms with van der Waals surface area (Å²) in [6.45, 7) is 2.28. The molecule has 0 heterocycles. The summed E-state index contributed by atoms with van der Waals surface area (Å²) in [7, 11) is 0. The Morgan fingerprint density at radius 1 is 0.697 bits per heavy atom. The second-order valence-corrected chi connectivity index (χ2v) is 10.8. The zero-order chi connectivity index (χ0) is 23.5. The quantitative estimate of drug-likeness (QED) is 0.227. The zero-order valence-corrected chi connectivity index (χ0v) is 20.7. The second kappa shape index (κ2) is 13.6. The predicted octanol–water partition coefficient (Wildman–Crippen LogP) is 10.5. The molecular formula is C30H45F3. The minimum atomic E-state index is -4.18. The first-order valence-corrected chi connectivity index (χ1v) is 13.8. The molecule has 0 saturated heterocycles. The van der Waals surface area contributed by atoms with Crippen LogP contribution in [-0.4, -0.2) is 6.18 Å². The molecule has 2 fully saturated rings. The second-order valence-electron chi connectivity index (χ2n) is 10.8. The van der Waals surface area contributed by atoms with Crippen molar-refractivity contribution in [1.82, 2.24) is 0 Å². The van der Waals surface area contributed by atoms with Gasteiger partial charge in [0.15, 0.2) is 0 Å². The van der Waals surface area contributed by atoms with Crippen molar-refractivity contribution in [2.75, 3.05) is 0 Å². The Balaban J connectivity index is 1.34. The highest BCUT2D eigenvalue weighted by Gasteiger charge is 2.26. The van der Waals surface area contributed by atoms with Crippen molar-refractivity contribution >= 4 is 0 Å². The first-order valence-electron chi connectivity index (χ1n) is 13.8. The topological polar surface area (TPSA) is 0 Å². The molecular weight excluding hydrogens is 417 g/mol. The van der Waals surface area contributed by atoms with E-state index in [2.05, 4.69) is 31.2 Å². The lowest BCUT2D eigenvalue weighted by Crippen LogP contribution is -2.14. The fourth-order valence-corrected chi connectivity index (χ4v) is 6.11. The molecule has 0 radical (unpaired) electrons. The van der Waals surface area contributed by atoms with Crippen molar-refractivity contribution in [3.05, 3.63) is 47.5 Å². The maximum atomic E-state index is 12.4. The summed E-state index contributed by atoms with van der Waals surface area (Å²) >= 11 is 0. The van der Waals surface area contributed by atoms with Crippen LogP contribution in [0.25, 0.3) is 0 Å². The molecule has 3 heteroatoms. The largest absolute Gasteiger partial charge is 0.409 e. The SMILES string of the molecule is CCCCCCCCCC1CCC(c2ccc(C3CCC(/C=C/C(F)(F)F)CC3)cc2)CC1. The van der Waals surface area contributed by atoms with Crippen molar-refractivity contribution in [1.29, 1.82) is 0 Å². The fourth-order valence-electron chi connectivity index (χ4n) is 6.11. The van der Waals surface area contributed by atoms with Crippen LogP contribution in [0.3, 0.4) is 0 Å². The molecule has 0 nitrogen and oxygen atoms in total. The van der Waals surface area contributed by atoms with Gasteiger partial charge in [-0.15, -0.1) is 0 Å². The lowest BCUT2D eigenvalue weighted by molar-refractivity contribution is -0.0803. The summed E-state index contributed by atoms with van der Waals surface area (Å²) in [4.78, 5) is 0. The molecule has 0 atom stereocenters. The van der Waals surface area contributed by atoms with Crippen LogP contribution in [0.2, 0.25) is 0 Å². The van der Waals surface area contributed by atoms with E-state index in [9.17, 15) is 13.2 Å². The van der Waals surface area contributed by atoms with Gasteiger partial charge in [0.1, 0.15) is 0 Å². The van der Waals surface area contributed by atoms with Crippen molar-refractivity contribution in [2.45, 2.75) is 128 Å². The molecule has 0 aliphatic heterocycles. The zero-order valence-electron chi connectivity index (χ0n) is 20.7. The minimum Gasteiger partial charge on any atom is -0.167 e. The van der Waals surface area contributed by atoms with Crippen molar-refractivity contribution in [2.24, 2.45) is 11.8 Å². The summed E-state index contributed by atoms with van der Waals surface area (Å²) in [6.07, 6.45) is 18.0. The number of allylic oxidation sites excluding steroid dienone is 2. The normalized spacial score (nSPS) is 26.7.